The second kappa shape index (κ2) is 2.76. The first kappa shape index (κ1) is 7.82. The Bertz CT molecular complexity index is 160. The molecule has 0 amide bonds. The molecule has 2 fully saturated rings. The topological polar surface area (TPSA) is 35.8 Å². The second-order valence-corrected chi connectivity index (χ2v) is 2.81. The third-order valence-electron chi connectivity index (χ3n) is 2.26. The van der Waals surface area contributed by atoms with Gasteiger partial charge < -0.3 is 5.21 Å². The predicted octanol–water partition coefficient (Wildman–Crippen LogP) is 0.574. The SMILES string of the molecule is Cl.ON=C1CN2CCC1C2. The summed E-state index contributed by atoms with van der Waals surface area (Å²) in [6.45, 7) is 3.23. The van der Waals surface area contributed by atoms with Crippen LogP contribution in [0.3, 0.4) is 0 Å². The third kappa shape index (κ3) is 0.995. The number of rotatable bonds is 0. The van der Waals surface area contributed by atoms with Crippen LogP contribution in [0.5, 0.6) is 0 Å². The Morgan fingerprint density at radius 1 is 1.60 bits per heavy atom. The van der Waals surface area contributed by atoms with Crippen molar-refractivity contribution in [2.24, 2.45) is 11.1 Å². The van der Waals surface area contributed by atoms with Crippen molar-refractivity contribution in [1.29, 1.82) is 0 Å². The van der Waals surface area contributed by atoms with Crippen LogP contribution in [-0.4, -0.2) is 35.5 Å². The molecule has 1 N–H and O–H groups in total. The lowest BCUT2D eigenvalue weighted by molar-refractivity contribution is 0.312. The number of hydrogen-bond donors (Lipinski definition) is 1. The maximum atomic E-state index is 8.45. The van der Waals surface area contributed by atoms with E-state index in [0.717, 1.165) is 18.8 Å². The molecular weight excluding hydrogens is 152 g/mol. The average molecular weight is 163 g/mol. The highest BCUT2D eigenvalue weighted by atomic mass is 35.5. The van der Waals surface area contributed by atoms with Crippen LogP contribution in [0.4, 0.5) is 0 Å². The second-order valence-electron chi connectivity index (χ2n) is 2.81. The molecule has 3 nitrogen and oxygen atoms in total. The summed E-state index contributed by atoms with van der Waals surface area (Å²) in [4.78, 5) is 2.32. The molecule has 58 valence electrons. The van der Waals surface area contributed by atoms with Gasteiger partial charge >= 0.3 is 0 Å². The number of hydrogen-bond acceptors (Lipinski definition) is 3. The lowest BCUT2D eigenvalue weighted by Gasteiger charge is -2.10. The molecule has 2 unspecified atom stereocenters. The Balaban J connectivity index is 0.000000500. The minimum Gasteiger partial charge on any atom is -0.411 e. The molecule has 0 aromatic heterocycles. The van der Waals surface area contributed by atoms with E-state index in [4.69, 9.17) is 5.21 Å². The van der Waals surface area contributed by atoms with Crippen molar-refractivity contribution in [3.63, 3.8) is 0 Å². The fourth-order valence-electron chi connectivity index (χ4n) is 1.72. The number of piperidine rings is 1. The zero-order valence-corrected chi connectivity index (χ0v) is 6.47. The van der Waals surface area contributed by atoms with Gasteiger partial charge in [0.2, 0.25) is 0 Å². The first-order valence-electron chi connectivity index (χ1n) is 3.33. The largest absolute Gasteiger partial charge is 0.411 e. The minimum absolute atomic E-state index is 0. The maximum absolute atomic E-state index is 8.45. The van der Waals surface area contributed by atoms with Crippen LogP contribution in [0.25, 0.3) is 0 Å². The number of oxime groups is 1. The van der Waals surface area contributed by atoms with Gasteiger partial charge in [-0.1, -0.05) is 5.16 Å². The van der Waals surface area contributed by atoms with Gasteiger partial charge in [0.25, 0.3) is 0 Å². The molecule has 0 spiro atoms. The van der Waals surface area contributed by atoms with Crippen LogP contribution in [0.1, 0.15) is 6.42 Å². The average Bonchev–Trinajstić information content (AvgIpc) is 2.45. The van der Waals surface area contributed by atoms with E-state index in [0.29, 0.717) is 5.92 Å². The molecule has 4 heteroatoms. The van der Waals surface area contributed by atoms with Crippen LogP contribution in [0, 0.1) is 5.92 Å². The zero-order valence-electron chi connectivity index (χ0n) is 5.66. The van der Waals surface area contributed by atoms with Crippen LogP contribution >= 0.6 is 12.4 Å². The molecule has 2 saturated heterocycles. The van der Waals surface area contributed by atoms with E-state index >= 15 is 0 Å². The lowest BCUT2D eigenvalue weighted by atomic mass is 10.0. The van der Waals surface area contributed by atoms with Gasteiger partial charge in [-0.2, -0.15) is 0 Å². The van der Waals surface area contributed by atoms with Gasteiger partial charge in [0.15, 0.2) is 0 Å². The first-order chi connectivity index (χ1) is 4.40. The van der Waals surface area contributed by atoms with Gasteiger partial charge in [-0.25, -0.2) is 0 Å². The summed E-state index contributed by atoms with van der Waals surface area (Å²) < 4.78 is 0. The molecular formula is C6H11ClN2O. The molecule has 2 rings (SSSR count). The Morgan fingerprint density at radius 3 is 2.70 bits per heavy atom. The summed E-state index contributed by atoms with van der Waals surface area (Å²) in [5, 5.41) is 11.7. The van der Waals surface area contributed by atoms with Gasteiger partial charge in [-0.05, 0) is 13.0 Å². The molecule has 10 heavy (non-hydrogen) atoms. The van der Waals surface area contributed by atoms with E-state index in [1.165, 1.54) is 13.0 Å². The van der Waals surface area contributed by atoms with Crippen LogP contribution in [0.2, 0.25) is 0 Å². The summed E-state index contributed by atoms with van der Waals surface area (Å²) in [5.41, 5.74) is 0.987. The van der Waals surface area contributed by atoms with Gasteiger partial charge in [0, 0.05) is 19.0 Å². The predicted molar refractivity (Wildman–Crippen MR) is 41.0 cm³/mol. The highest BCUT2D eigenvalue weighted by molar-refractivity contribution is 5.90. The molecule has 0 aliphatic carbocycles. The van der Waals surface area contributed by atoms with E-state index in [9.17, 15) is 0 Å². The van der Waals surface area contributed by atoms with Gasteiger partial charge in [0.1, 0.15) is 0 Å². The Hall–Kier alpha value is -0.280. The standard InChI is InChI=1S/C6H10N2O.ClH/c9-7-6-4-8-2-1-5(6)3-8;/h5,9H,1-4H2;1H. The van der Waals surface area contributed by atoms with E-state index in [1.807, 2.05) is 0 Å². The normalized spacial score (nSPS) is 40.2. The Morgan fingerprint density at radius 2 is 2.40 bits per heavy atom. The first-order valence-corrected chi connectivity index (χ1v) is 3.33. The fraction of sp³-hybridized carbons (Fsp3) is 0.833. The monoisotopic (exact) mass is 162 g/mol. The highest BCUT2D eigenvalue weighted by Crippen LogP contribution is 2.24. The molecule has 2 bridgehead atoms. The van der Waals surface area contributed by atoms with Gasteiger partial charge in [-0.3, -0.25) is 4.90 Å². The van der Waals surface area contributed by atoms with Gasteiger partial charge in [-0.15, -0.1) is 12.4 Å². The number of halogens is 1. The molecule has 2 heterocycles. The summed E-state index contributed by atoms with van der Waals surface area (Å²) in [7, 11) is 0. The summed E-state index contributed by atoms with van der Waals surface area (Å²) in [5.74, 6) is 0.579. The number of nitrogens with zero attached hydrogens (tertiary/aromatic N) is 2. The summed E-state index contributed by atoms with van der Waals surface area (Å²) in [6.07, 6.45) is 1.19. The van der Waals surface area contributed by atoms with Crippen LogP contribution in [0.15, 0.2) is 5.16 Å². The van der Waals surface area contributed by atoms with Crippen molar-refractivity contribution in [3.05, 3.63) is 0 Å². The molecule has 0 aromatic carbocycles. The Kier molecular flexibility index (Phi) is 2.16. The zero-order chi connectivity index (χ0) is 6.27. The van der Waals surface area contributed by atoms with Crippen molar-refractivity contribution in [2.75, 3.05) is 19.6 Å². The van der Waals surface area contributed by atoms with E-state index < -0.39 is 0 Å². The van der Waals surface area contributed by atoms with Crippen molar-refractivity contribution in [1.82, 2.24) is 4.90 Å². The van der Waals surface area contributed by atoms with E-state index in [-0.39, 0.29) is 12.4 Å². The molecule has 2 aliphatic rings. The minimum atomic E-state index is 0. The summed E-state index contributed by atoms with van der Waals surface area (Å²) in [6, 6.07) is 0. The smallest absolute Gasteiger partial charge is 0.0754 e. The third-order valence-corrected chi connectivity index (χ3v) is 2.26. The highest BCUT2D eigenvalue weighted by Gasteiger charge is 2.34. The van der Waals surface area contributed by atoms with Gasteiger partial charge in [0.05, 0.1) is 5.71 Å². The lowest BCUT2D eigenvalue weighted by Crippen LogP contribution is -2.23. The molecule has 0 saturated carbocycles. The van der Waals surface area contributed by atoms with Crippen molar-refractivity contribution in [3.8, 4) is 0 Å². The van der Waals surface area contributed by atoms with Crippen LogP contribution < -0.4 is 0 Å². The molecule has 2 atom stereocenters. The van der Waals surface area contributed by atoms with Crippen LogP contribution in [-0.2, 0) is 0 Å². The van der Waals surface area contributed by atoms with E-state index in [2.05, 4.69) is 10.1 Å². The molecule has 0 aromatic rings. The molecule has 2 aliphatic heterocycles. The summed E-state index contributed by atoms with van der Waals surface area (Å²) >= 11 is 0. The number of fused-ring (bicyclic) bond motifs is 2. The van der Waals surface area contributed by atoms with Crippen molar-refractivity contribution < 1.29 is 5.21 Å². The van der Waals surface area contributed by atoms with Crippen molar-refractivity contribution >= 4 is 18.1 Å². The Labute approximate surface area is 66.1 Å². The van der Waals surface area contributed by atoms with Crippen molar-refractivity contribution in [2.45, 2.75) is 6.42 Å². The maximum Gasteiger partial charge on any atom is 0.0754 e. The molecule has 0 radical (unpaired) electrons. The quantitative estimate of drug-likeness (QED) is 0.418. The fourth-order valence-corrected chi connectivity index (χ4v) is 1.72. The van der Waals surface area contributed by atoms with E-state index in [1.54, 1.807) is 0 Å².